The topological polar surface area (TPSA) is 58.4 Å². The smallest absolute Gasteiger partial charge is 0.278 e. The molecule has 0 aliphatic carbocycles. The summed E-state index contributed by atoms with van der Waals surface area (Å²) in [6.45, 7) is 8.75. The summed E-state index contributed by atoms with van der Waals surface area (Å²) in [6, 6.07) is 7.47. The van der Waals surface area contributed by atoms with Gasteiger partial charge in [-0.3, -0.25) is 9.48 Å². The zero-order valence-electron chi connectivity index (χ0n) is 14.1. The van der Waals surface area contributed by atoms with Crippen LogP contribution in [0.4, 0.5) is 5.69 Å². The Morgan fingerprint density at radius 1 is 1.39 bits per heavy atom. The lowest BCUT2D eigenvalue weighted by Crippen LogP contribution is -2.36. The highest BCUT2D eigenvalue weighted by molar-refractivity contribution is 6.06. The molecule has 2 aromatic rings. The van der Waals surface area contributed by atoms with Crippen molar-refractivity contribution in [2.24, 2.45) is 0 Å². The van der Waals surface area contributed by atoms with E-state index in [2.05, 4.69) is 12.0 Å². The maximum atomic E-state index is 12.9. The Morgan fingerprint density at radius 2 is 2.13 bits per heavy atom. The number of carbonyl (C=O) groups excluding carboxylic acids is 1. The van der Waals surface area contributed by atoms with E-state index in [0.717, 1.165) is 17.7 Å². The zero-order chi connectivity index (χ0) is 16.7. The molecule has 0 bridgehead atoms. The summed E-state index contributed by atoms with van der Waals surface area (Å²) in [5, 5.41) is 14.7. The number of aromatic nitrogens is 2. The van der Waals surface area contributed by atoms with Gasteiger partial charge in [-0.1, -0.05) is 19.1 Å². The van der Waals surface area contributed by atoms with Gasteiger partial charge < -0.3 is 10.0 Å². The fourth-order valence-corrected chi connectivity index (χ4v) is 3.29. The minimum Gasteiger partial charge on any atom is -0.506 e. The van der Waals surface area contributed by atoms with E-state index >= 15 is 0 Å². The lowest BCUT2D eigenvalue weighted by Gasteiger charge is -2.33. The van der Waals surface area contributed by atoms with Crippen LogP contribution >= 0.6 is 0 Å². The molecule has 1 unspecified atom stereocenters. The van der Waals surface area contributed by atoms with Crippen molar-refractivity contribution in [1.82, 2.24) is 9.78 Å². The number of amides is 1. The van der Waals surface area contributed by atoms with E-state index in [4.69, 9.17) is 0 Å². The molecule has 1 aliphatic heterocycles. The molecule has 5 heteroatoms. The third-order valence-corrected chi connectivity index (χ3v) is 4.51. The Bertz CT molecular complexity index is 749. The number of hydrogen-bond acceptors (Lipinski definition) is 3. The van der Waals surface area contributed by atoms with Crippen molar-refractivity contribution in [3.8, 4) is 5.75 Å². The predicted molar refractivity (Wildman–Crippen MR) is 90.2 cm³/mol. The van der Waals surface area contributed by atoms with Gasteiger partial charge in [0, 0.05) is 18.3 Å². The summed E-state index contributed by atoms with van der Waals surface area (Å²) in [5.41, 5.74) is 3.05. The van der Waals surface area contributed by atoms with Gasteiger partial charge in [0.05, 0.1) is 5.69 Å². The second-order valence-corrected chi connectivity index (χ2v) is 6.57. The monoisotopic (exact) mass is 313 g/mol. The van der Waals surface area contributed by atoms with E-state index in [-0.39, 0.29) is 17.7 Å². The fourth-order valence-electron chi connectivity index (χ4n) is 3.29. The quantitative estimate of drug-likeness (QED) is 0.921. The molecule has 1 aromatic heterocycles. The predicted octanol–water partition coefficient (Wildman–Crippen LogP) is 3.63. The number of para-hydroxylation sites is 1. The molecular weight excluding hydrogens is 290 g/mol. The van der Waals surface area contributed by atoms with Gasteiger partial charge in [-0.2, -0.15) is 5.10 Å². The Labute approximate surface area is 136 Å². The van der Waals surface area contributed by atoms with Gasteiger partial charge in [0.2, 0.25) is 0 Å². The minimum absolute atomic E-state index is 0.151. The van der Waals surface area contributed by atoms with E-state index in [1.807, 2.05) is 43.7 Å². The van der Waals surface area contributed by atoms with E-state index in [1.165, 1.54) is 0 Å². The molecule has 1 N–H and O–H groups in total. The van der Waals surface area contributed by atoms with Crippen molar-refractivity contribution in [1.29, 1.82) is 0 Å². The summed E-state index contributed by atoms with van der Waals surface area (Å²) in [6.07, 6.45) is 0.881. The SMILES string of the molecule is Cc1cc(C(=O)N2CCC(C)c3cccc(O)c32)nn1C(C)C. The van der Waals surface area contributed by atoms with Gasteiger partial charge in [-0.25, -0.2) is 0 Å². The normalized spacial score (nSPS) is 17.4. The molecule has 0 radical (unpaired) electrons. The summed E-state index contributed by atoms with van der Waals surface area (Å²) >= 11 is 0. The van der Waals surface area contributed by atoms with Crippen LogP contribution in [0.25, 0.3) is 0 Å². The maximum absolute atomic E-state index is 12.9. The number of phenolic OH excluding ortho intramolecular Hbond substituents is 1. The van der Waals surface area contributed by atoms with Crippen molar-refractivity contribution in [2.75, 3.05) is 11.4 Å². The van der Waals surface area contributed by atoms with Gasteiger partial charge in [0.15, 0.2) is 5.69 Å². The Balaban J connectivity index is 2.02. The first-order chi connectivity index (χ1) is 10.9. The molecular formula is C18H23N3O2. The van der Waals surface area contributed by atoms with Crippen LogP contribution in [0.5, 0.6) is 5.75 Å². The van der Waals surface area contributed by atoms with E-state index in [1.54, 1.807) is 11.0 Å². The Hall–Kier alpha value is -2.30. The van der Waals surface area contributed by atoms with E-state index in [9.17, 15) is 9.90 Å². The van der Waals surface area contributed by atoms with Crippen molar-refractivity contribution < 1.29 is 9.90 Å². The molecule has 0 saturated heterocycles. The van der Waals surface area contributed by atoms with E-state index < -0.39 is 0 Å². The Morgan fingerprint density at radius 3 is 2.78 bits per heavy atom. The molecule has 2 heterocycles. The lowest BCUT2D eigenvalue weighted by molar-refractivity contribution is 0.0977. The number of hydrogen-bond donors (Lipinski definition) is 1. The van der Waals surface area contributed by atoms with Crippen LogP contribution in [0, 0.1) is 6.92 Å². The molecule has 1 aliphatic rings. The average Bonchev–Trinajstić information content (AvgIpc) is 2.90. The van der Waals surface area contributed by atoms with Gasteiger partial charge in [-0.15, -0.1) is 0 Å². The first-order valence-corrected chi connectivity index (χ1v) is 8.10. The van der Waals surface area contributed by atoms with Crippen LogP contribution in [0.15, 0.2) is 24.3 Å². The Kier molecular flexibility index (Phi) is 3.88. The van der Waals surface area contributed by atoms with Crippen LogP contribution < -0.4 is 4.90 Å². The molecule has 0 saturated carbocycles. The first kappa shape index (κ1) is 15.6. The second kappa shape index (κ2) is 5.72. The number of rotatable bonds is 2. The van der Waals surface area contributed by atoms with Crippen molar-refractivity contribution >= 4 is 11.6 Å². The molecule has 23 heavy (non-hydrogen) atoms. The summed E-state index contributed by atoms with van der Waals surface area (Å²) < 4.78 is 1.85. The second-order valence-electron chi connectivity index (χ2n) is 6.57. The zero-order valence-corrected chi connectivity index (χ0v) is 14.1. The third kappa shape index (κ3) is 2.60. The first-order valence-electron chi connectivity index (χ1n) is 8.10. The van der Waals surface area contributed by atoms with Gasteiger partial charge in [0.25, 0.3) is 5.91 Å². The van der Waals surface area contributed by atoms with Crippen molar-refractivity contribution in [2.45, 2.75) is 46.1 Å². The largest absolute Gasteiger partial charge is 0.506 e. The number of phenols is 1. The minimum atomic E-state index is -0.151. The number of carbonyl (C=O) groups is 1. The van der Waals surface area contributed by atoms with Gasteiger partial charge in [-0.05, 0) is 50.8 Å². The number of anilines is 1. The molecule has 1 amide bonds. The summed E-state index contributed by atoms with van der Waals surface area (Å²) in [5.74, 6) is 0.334. The summed E-state index contributed by atoms with van der Waals surface area (Å²) in [4.78, 5) is 14.6. The molecule has 1 aromatic carbocycles. The van der Waals surface area contributed by atoms with Crippen LogP contribution in [0.3, 0.4) is 0 Å². The van der Waals surface area contributed by atoms with Gasteiger partial charge >= 0.3 is 0 Å². The van der Waals surface area contributed by atoms with E-state index in [0.29, 0.717) is 23.8 Å². The highest BCUT2D eigenvalue weighted by Crippen LogP contribution is 2.41. The molecule has 5 nitrogen and oxygen atoms in total. The molecule has 3 rings (SSSR count). The lowest BCUT2D eigenvalue weighted by atomic mass is 9.91. The number of aryl methyl sites for hydroxylation is 1. The van der Waals surface area contributed by atoms with Crippen LogP contribution in [0.2, 0.25) is 0 Å². The van der Waals surface area contributed by atoms with Crippen molar-refractivity contribution in [3.05, 3.63) is 41.2 Å². The van der Waals surface area contributed by atoms with Crippen LogP contribution in [-0.4, -0.2) is 27.3 Å². The number of nitrogens with zero attached hydrogens (tertiary/aromatic N) is 3. The maximum Gasteiger partial charge on any atom is 0.278 e. The van der Waals surface area contributed by atoms with Crippen molar-refractivity contribution in [3.63, 3.8) is 0 Å². The highest BCUT2D eigenvalue weighted by atomic mass is 16.3. The molecule has 1 atom stereocenters. The fraction of sp³-hybridized carbons (Fsp3) is 0.444. The number of fused-ring (bicyclic) bond motifs is 1. The summed E-state index contributed by atoms with van der Waals surface area (Å²) in [7, 11) is 0. The van der Waals surface area contributed by atoms with Crippen LogP contribution in [0.1, 0.15) is 60.9 Å². The molecule has 0 spiro atoms. The van der Waals surface area contributed by atoms with Crippen LogP contribution in [-0.2, 0) is 0 Å². The average molecular weight is 313 g/mol. The third-order valence-electron chi connectivity index (χ3n) is 4.51. The number of aromatic hydroxyl groups is 1. The molecule has 122 valence electrons. The van der Waals surface area contributed by atoms with Gasteiger partial charge in [0.1, 0.15) is 5.75 Å². The highest BCUT2D eigenvalue weighted by Gasteiger charge is 2.31. The standard InChI is InChI=1S/C18H23N3O2/c1-11(2)21-13(4)10-15(19-21)18(23)20-9-8-12(3)14-6-5-7-16(22)17(14)20/h5-7,10-12,22H,8-9H2,1-4H3. The number of benzene rings is 1. The molecule has 0 fully saturated rings.